The maximum absolute atomic E-state index is 12.5. The van der Waals surface area contributed by atoms with E-state index in [-0.39, 0.29) is 17.6 Å². The molecule has 1 saturated heterocycles. The molecular formula is C13H23N3O4S. The lowest BCUT2D eigenvalue weighted by Crippen LogP contribution is -2.56. The Morgan fingerprint density at radius 3 is 2.52 bits per heavy atom. The number of nitrogens with two attached hydrogens (primary N) is 1. The molecular weight excluding hydrogens is 294 g/mol. The van der Waals surface area contributed by atoms with Gasteiger partial charge in [0.05, 0.1) is 6.04 Å². The second kappa shape index (κ2) is 7.65. The molecule has 8 heteroatoms. The fourth-order valence-electron chi connectivity index (χ4n) is 2.32. The maximum Gasteiger partial charge on any atom is 0.326 e. The number of rotatable bonds is 6. The van der Waals surface area contributed by atoms with Crippen LogP contribution in [0.15, 0.2) is 0 Å². The molecule has 1 aliphatic rings. The first kappa shape index (κ1) is 17.8. The van der Waals surface area contributed by atoms with Crippen LogP contribution in [0.3, 0.4) is 0 Å². The highest BCUT2D eigenvalue weighted by Gasteiger charge is 2.38. The summed E-state index contributed by atoms with van der Waals surface area (Å²) >= 11 is 3.95. The van der Waals surface area contributed by atoms with Crippen LogP contribution in [0.2, 0.25) is 0 Å². The zero-order chi connectivity index (χ0) is 16.2. The minimum absolute atomic E-state index is 0.163. The lowest BCUT2D eigenvalue weighted by molar-refractivity contribution is -0.150. The van der Waals surface area contributed by atoms with Crippen LogP contribution in [0.5, 0.6) is 0 Å². The molecule has 1 aliphatic heterocycles. The SMILES string of the molecule is CC(C)C(NC(=O)C(N)CS)C(=O)N1CCCC1C(=O)O. The van der Waals surface area contributed by atoms with Crippen LogP contribution in [-0.4, -0.2) is 58.2 Å². The van der Waals surface area contributed by atoms with Crippen LogP contribution < -0.4 is 11.1 Å². The maximum atomic E-state index is 12.5. The predicted molar refractivity (Wildman–Crippen MR) is 81.0 cm³/mol. The number of carbonyl (C=O) groups is 3. The van der Waals surface area contributed by atoms with E-state index in [1.165, 1.54) is 4.90 Å². The highest BCUT2D eigenvalue weighted by molar-refractivity contribution is 7.80. The van der Waals surface area contributed by atoms with E-state index in [1.54, 1.807) is 13.8 Å². The number of carbonyl (C=O) groups excluding carboxylic acids is 2. The first-order valence-corrected chi connectivity index (χ1v) is 7.63. The van der Waals surface area contributed by atoms with Crippen LogP contribution >= 0.6 is 12.6 Å². The average molecular weight is 317 g/mol. The third kappa shape index (κ3) is 4.34. The first-order valence-electron chi connectivity index (χ1n) is 6.99. The monoisotopic (exact) mass is 317 g/mol. The van der Waals surface area contributed by atoms with Gasteiger partial charge < -0.3 is 21.1 Å². The van der Waals surface area contributed by atoms with Crippen molar-refractivity contribution in [3.63, 3.8) is 0 Å². The molecule has 0 aromatic heterocycles. The van der Waals surface area contributed by atoms with Crippen LogP contribution in [-0.2, 0) is 14.4 Å². The number of nitrogens with one attached hydrogen (secondary N) is 1. The summed E-state index contributed by atoms with van der Waals surface area (Å²) in [6.07, 6.45) is 1.09. The highest BCUT2D eigenvalue weighted by atomic mass is 32.1. The number of hydrogen-bond acceptors (Lipinski definition) is 5. The van der Waals surface area contributed by atoms with E-state index in [0.29, 0.717) is 19.4 Å². The molecule has 0 radical (unpaired) electrons. The number of nitrogens with zero attached hydrogens (tertiary/aromatic N) is 1. The van der Waals surface area contributed by atoms with Gasteiger partial charge in [-0.15, -0.1) is 0 Å². The number of amides is 2. The predicted octanol–water partition coefficient (Wildman–Crippen LogP) is -0.540. The average Bonchev–Trinajstić information content (AvgIpc) is 2.91. The Labute approximate surface area is 129 Å². The zero-order valence-electron chi connectivity index (χ0n) is 12.3. The topological polar surface area (TPSA) is 113 Å². The third-order valence-electron chi connectivity index (χ3n) is 3.58. The summed E-state index contributed by atoms with van der Waals surface area (Å²) in [4.78, 5) is 36.9. The number of likely N-dealkylation sites (tertiary alicyclic amines) is 1. The van der Waals surface area contributed by atoms with Gasteiger partial charge >= 0.3 is 5.97 Å². The molecule has 3 unspecified atom stereocenters. The van der Waals surface area contributed by atoms with E-state index < -0.39 is 30.0 Å². The summed E-state index contributed by atoms with van der Waals surface area (Å²) in [6.45, 7) is 3.98. The molecule has 1 heterocycles. The van der Waals surface area contributed by atoms with Crippen molar-refractivity contribution in [2.75, 3.05) is 12.3 Å². The van der Waals surface area contributed by atoms with Gasteiger partial charge in [-0.1, -0.05) is 13.8 Å². The van der Waals surface area contributed by atoms with Crippen molar-refractivity contribution in [3.05, 3.63) is 0 Å². The number of carboxylic acid groups (broad SMARTS) is 1. The highest BCUT2D eigenvalue weighted by Crippen LogP contribution is 2.20. The first-order chi connectivity index (χ1) is 9.79. The molecule has 7 nitrogen and oxygen atoms in total. The van der Waals surface area contributed by atoms with E-state index in [2.05, 4.69) is 17.9 Å². The zero-order valence-corrected chi connectivity index (χ0v) is 13.2. The summed E-state index contributed by atoms with van der Waals surface area (Å²) in [6, 6.07) is -2.38. The Kier molecular flexibility index (Phi) is 6.47. The Balaban J connectivity index is 2.83. The second-order valence-corrected chi connectivity index (χ2v) is 5.91. The van der Waals surface area contributed by atoms with Crippen molar-refractivity contribution < 1.29 is 19.5 Å². The largest absolute Gasteiger partial charge is 0.480 e. The summed E-state index contributed by atoms with van der Waals surface area (Å²) in [7, 11) is 0. The van der Waals surface area contributed by atoms with Crippen molar-refractivity contribution >= 4 is 30.4 Å². The molecule has 120 valence electrons. The molecule has 0 aromatic carbocycles. The van der Waals surface area contributed by atoms with E-state index in [9.17, 15) is 14.4 Å². The van der Waals surface area contributed by atoms with Crippen molar-refractivity contribution in [2.45, 2.75) is 44.8 Å². The smallest absolute Gasteiger partial charge is 0.326 e. The normalized spacial score (nSPS) is 21.2. The molecule has 3 atom stereocenters. The molecule has 2 amide bonds. The molecule has 0 saturated carbocycles. The van der Waals surface area contributed by atoms with Gasteiger partial charge in [0, 0.05) is 12.3 Å². The summed E-state index contributed by atoms with van der Waals surface area (Å²) in [5.74, 6) is -1.82. The number of aliphatic carboxylic acids is 1. The molecule has 0 spiro atoms. The number of hydrogen-bond donors (Lipinski definition) is 4. The van der Waals surface area contributed by atoms with E-state index in [0.717, 1.165) is 0 Å². The van der Waals surface area contributed by atoms with Crippen LogP contribution in [0.1, 0.15) is 26.7 Å². The molecule has 4 N–H and O–H groups in total. The fourth-order valence-corrected chi connectivity index (χ4v) is 2.49. The van der Waals surface area contributed by atoms with Gasteiger partial charge in [-0.05, 0) is 18.8 Å². The van der Waals surface area contributed by atoms with Gasteiger partial charge in [0.2, 0.25) is 11.8 Å². The Bertz CT molecular complexity index is 416. The van der Waals surface area contributed by atoms with Crippen LogP contribution in [0.25, 0.3) is 0 Å². The van der Waals surface area contributed by atoms with Gasteiger partial charge in [0.15, 0.2) is 0 Å². The second-order valence-electron chi connectivity index (χ2n) is 5.55. The van der Waals surface area contributed by atoms with Crippen LogP contribution in [0.4, 0.5) is 0 Å². The van der Waals surface area contributed by atoms with Gasteiger partial charge in [-0.25, -0.2) is 4.79 Å². The molecule has 21 heavy (non-hydrogen) atoms. The van der Waals surface area contributed by atoms with Gasteiger partial charge in [-0.3, -0.25) is 9.59 Å². The molecule has 0 bridgehead atoms. The summed E-state index contributed by atoms with van der Waals surface area (Å²) in [5.41, 5.74) is 5.59. The summed E-state index contributed by atoms with van der Waals surface area (Å²) < 4.78 is 0. The molecule has 1 rings (SSSR count). The van der Waals surface area contributed by atoms with E-state index >= 15 is 0 Å². The van der Waals surface area contributed by atoms with Crippen molar-refractivity contribution in [3.8, 4) is 0 Å². The third-order valence-corrected chi connectivity index (χ3v) is 3.98. The molecule has 0 aliphatic carbocycles. The molecule has 1 fully saturated rings. The Hall–Kier alpha value is -1.28. The molecule has 0 aromatic rings. The van der Waals surface area contributed by atoms with Crippen molar-refractivity contribution in [1.82, 2.24) is 10.2 Å². The van der Waals surface area contributed by atoms with Gasteiger partial charge in [0.25, 0.3) is 0 Å². The Morgan fingerprint density at radius 1 is 1.43 bits per heavy atom. The van der Waals surface area contributed by atoms with Crippen molar-refractivity contribution in [2.24, 2.45) is 11.7 Å². The summed E-state index contributed by atoms with van der Waals surface area (Å²) in [5, 5.41) is 11.8. The fraction of sp³-hybridized carbons (Fsp3) is 0.769. The lowest BCUT2D eigenvalue weighted by atomic mass is 10.0. The Morgan fingerprint density at radius 2 is 2.05 bits per heavy atom. The number of thiol groups is 1. The quantitative estimate of drug-likeness (QED) is 0.492. The minimum Gasteiger partial charge on any atom is -0.480 e. The number of carboxylic acids is 1. The van der Waals surface area contributed by atoms with Gasteiger partial charge in [0.1, 0.15) is 12.1 Å². The minimum atomic E-state index is -1.01. The lowest BCUT2D eigenvalue weighted by Gasteiger charge is -2.29. The van der Waals surface area contributed by atoms with Crippen molar-refractivity contribution in [1.29, 1.82) is 0 Å². The standard InChI is InChI=1S/C13H23N3O4S/c1-7(2)10(15-11(17)8(14)6-21)12(18)16-5-3-4-9(16)13(19)20/h7-10,21H,3-6,14H2,1-2H3,(H,15,17)(H,19,20). The van der Waals surface area contributed by atoms with Crippen LogP contribution in [0, 0.1) is 5.92 Å². The van der Waals surface area contributed by atoms with E-state index in [1.807, 2.05) is 0 Å². The van der Waals surface area contributed by atoms with Gasteiger partial charge in [-0.2, -0.15) is 12.6 Å². The van der Waals surface area contributed by atoms with E-state index in [4.69, 9.17) is 10.8 Å².